The third kappa shape index (κ3) is 7.80. The summed E-state index contributed by atoms with van der Waals surface area (Å²) in [5.74, 6) is -0.997. The number of methoxy groups -OCH3 is 1. The Morgan fingerprint density at radius 2 is 1.60 bits per heavy atom. The summed E-state index contributed by atoms with van der Waals surface area (Å²) in [5, 5.41) is 3.59. The fourth-order valence-electron chi connectivity index (χ4n) is 4.95. The third-order valence-corrected chi connectivity index (χ3v) is 9.47. The summed E-state index contributed by atoms with van der Waals surface area (Å²) in [6.45, 7) is 1.07. The van der Waals surface area contributed by atoms with Crippen LogP contribution in [0.4, 0.5) is 10.1 Å². The molecule has 4 rings (SSSR count). The van der Waals surface area contributed by atoms with Crippen molar-refractivity contribution in [1.29, 1.82) is 0 Å². The number of carbonyl (C=O) groups is 2. The summed E-state index contributed by atoms with van der Waals surface area (Å²) in [6.07, 6.45) is 4.94. The summed E-state index contributed by atoms with van der Waals surface area (Å²) >= 11 is 6.05. The van der Waals surface area contributed by atoms with Crippen molar-refractivity contribution in [3.05, 3.63) is 89.2 Å². The number of nitrogens with zero attached hydrogens (tertiary/aromatic N) is 2. The van der Waals surface area contributed by atoms with Gasteiger partial charge in [-0.3, -0.25) is 13.9 Å². The second kappa shape index (κ2) is 14.0. The monoisotopic (exact) mass is 615 g/mol. The van der Waals surface area contributed by atoms with Gasteiger partial charge >= 0.3 is 0 Å². The van der Waals surface area contributed by atoms with Crippen molar-refractivity contribution in [1.82, 2.24) is 10.2 Å². The van der Waals surface area contributed by atoms with Crippen molar-refractivity contribution < 1.29 is 27.1 Å². The average molecular weight is 616 g/mol. The van der Waals surface area contributed by atoms with Crippen LogP contribution in [0.1, 0.15) is 44.6 Å². The van der Waals surface area contributed by atoms with E-state index in [0.29, 0.717) is 10.8 Å². The highest BCUT2D eigenvalue weighted by Crippen LogP contribution is 2.26. The van der Waals surface area contributed by atoms with E-state index in [9.17, 15) is 22.4 Å². The lowest BCUT2D eigenvalue weighted by molar-refractivity contribution is -0.139. The van der Waals surface area contributed by atoms with Crippen LogP contribution in [-0.2, 0) is 26.2 Å². The summed E-state index contributed by atoms with van der Waals surface area (Å²) in [7, 11) is -2.81. The van der Waals surface area contributed by atoms with Crippen LogP contribution in [0.5, 0.6) is 5.75 Å². The number of amides is 2. The summed E-state index contributed by atoms with van der Waals surface area (Å²) in [4.78, 5) is 28.6. The number of hydrogen-bond donors (Lipinski definition) is 1. The molecule has 1 atom stereocenters. The smallest absolute Gasteiger partial charge is 0.264 e. The number of sulfonamides is 1. The van der Waals surface area contributed by atoms with Crippen molar-refractivity contribution in [3.8, 4) is 5.75 Å². The molecule has 1 N–H and O–H groups in total. The molecule has 11 heteroatoms. The summed E-state index contributed by atoms with van der Waals surface area (Å²) < 4.78 is 47.6. The molecule has 0 aliphatic heterocycles. The van der Waals surface area contributed by atoms with Crippen LogP contribution in [0.3, 0.4) is 0 Å². The molecule has 1 saturated carbocycles. The van der Waals surface area contributed by atoms with Gasteiger partial charge in [-0.1, -0.05) is 43.0 Å². The van der Waals surface area contributed by atoms with Gasteiger partial charge in [0.15, 0.2) is 0 Å². The van der Waals surface area contributed by atoms with Crippen molar-refractivity contribution in [2.75, 3.05) is 18.0 Å². The van der Waals surface area contributed by atoms with E-state index in [0.717, 1.165) is 54.1 Å². The van der Waals surface area contributed by atoms with Crippen molar-refractivity contribution in [3.63, 3.8) is 0 Å². The zero-order chi connectivity index (χ0) is 30.3. The Morgan fingerprint density at radius 3 is 2.19 bits per heavy atom. The number of rotatable bonds is 11. The van der Waals surface area contributed by atoms with Gasteiger partial charge in [0.25, 0.3) is 10.0 Å². The van der Waals surface area contributed by atoms with Crippen LogP contribution in [0.15, 0.2) is 77.7 Å². The SMILES string of the molecule is COc1ccc(S(=O)(=O)N(CC(=O)N(Cc2ccc(Cl)cc2)[C@@H](C)C(=O)NC2CCCCC2)c2ccc(F)cc2)cc1. The largest absolute Gasteiger partial charge is 0.497 e. The first-order chi connectivity index (χ1) is 20.1. The van der Waals surface area contributed by atoms with Gasteiger partial charge in [0.05, 0.1) is 17.7 Å². The van der Waals surface area contributed by atoms with Crippen molar-refractivity contribution >= 4 is 39.1 Å². The number of ether oxygens (including phenoxy) is 1. The molecule has 8 nitrogen and oxygen atoms in total. The van der Waals surface area contributed by atoms with Gasteiger partial charge < -0.3 is 15.0 Å². The highest BCUT2D eigenvalue weighted by molar-refractivity contribution is 7.92. The first-order valence-corrected chi connectivity index (χ1v) is 15.7. The summed E-state index contributed by atoms with van der Waals surface area (Å²) in [6, 6.07) is 16.6. The number of anilines is 1. The molecule has 0 saturated heterocycles. The van der Waals surface area contributed by atoms with Gasteiger partial charge in [0.1, 0.15) is 24.2 Å². The minimum atomic E-state index is -4.28. The van der Waals surface area contributed by atoms with Crippen molar-refractivity contribution in [2.45, 2.75) is 62.6 Å². The molecule has 0 spiro atoms. The summed E-state index contributed by atoms with van der Waals surface area (Å²) in [5.41, 5.74) is 0.822. The Labute approximate surface area is 251 Å². The van der Waals surface area contributed by atoms with Crippen LogP contribution in [0.25, 0.3) is 0 Å². The fourth-order valence-corrected chi connectivity index (χ4v) is 6.49. The van der Waals surface area contributed by atoms with E-state index in [1.807, 2.05) is 0 Å². The first-order valence-electron chi connectivity index (χ1n) is 13.8. The molecule has 42 heavy (non-hydrogen) atoms. The third-order valence-electron chi connectivity index (χ3n) is 7.43. The van der Waals surface area contributed by atoms with E-state index in [4.69, 9.17) is 16.3 Å². The second-order valence-corrected chi connectivity index (χ2v) is 12.6. The zero-order valence-corrected chi connectivity index (χ0v) is 25.2. The van der Waals surface area contributed by atoms with Crippen LogP contribution >= 0.6 is 11.6 Å². The number of nitrogens with one attached hydrogen (secondary N) is 1. The lowest BCUT2D eigenvalue weighted by Gasteiger charge is -2.33. The van der Waals surface area contributed by atoms with Gasteiger partial charge in [-0.15, -0.1) is 0 Å². The van der Waals surface area contributed by atoms with E-state index in [1.54, 1.807) is 31.2 Å². The average Bonchev–Trinajstić information content (AvgIpc) is 3.00. The topological polar surface area (TPSA) is 96.0 Å². The van der Waals surface area contributed by atoms with E-state index in [-0.39, 0.29) is 29.1 Å². The zero-order valence-electron chi connectivity index (χ0n) is 23.6. The molecule has 0 radical (unpaired) electrons. The lowest BCUT2D eigenvalue weighted by atomic mass is 9.95. The number of hydrogen-bond acceptors (Lipinski definition) is 5. The van der Waals surface area contributed by atoms with Gasteiger partial charge in [0.2, 0.25) is 11.8 Å². The number of halogens is 2. The highest BCUT2D eigenvalue weighted by atomic mass is 35.5. The maximum absolute atomic E-state index is 14.0. The molecule has 0 unspecified atom stereocenters. The fraction of sp³-hybridized carbons (Fsp3) is 0.355. The minimum absolute atomic E-state index is 0.0346. The molecule has 1 aliphatic carbocycles. The highest BCUT2D eigenvalue weighted by Gasteiger charge is 2.33. The predicted molar refractivity (Wildman–Crippen MR) is 160 cm³/mol. The Hall–Kier alpha value is -3.63. The van der Waals surface area contributed by atoms with Gasteiger partial charge in [-0.2, -0.15) is 0 Å². The van der Waals surface area contributed by atoms with Crippen LogP contribution in [-0.4, -0.2) is 50.9 Å². The van der Waals surface area contributed by atoms with E-state index in [1.165, 1.54) is 48.4 Å². The Balaban J connectivity index is 1.66. The van der Waals surface area contributed by atoms with Crippen LogP contribution < -0.4 is 14.4 Å². The predicted octanol–water partition coefficient (Wildman–Crippen LogP) is 5.55. The molecule has 2 amide bonds. The van der Waals surface area contributed by atoms with E-state index < -0.39 is 34.3 Å². The first kappa shape index (κ1) is 31.3. The van der Waals surface area contributed by atoms with Gasteiger partial charge in [-0.05, 0) is 86.0 Å². The van der Waals surface area contributed by atoms with E-state index in [2.05, 4.69) is 5.32 Å². The molecule has 0 heterocycles. The standard InChI is InChI=1S/C31H35ClFN3O5S/c1-22(31(38)34-26-6-4-3-5-7-26)35(20-23-8-10-24(32)11-9-23)30(37)21-36(27-14-12-25(33)13-15-27)42(39,40)29-18-16-28(41-2)17-19-29/h8-19,22,26H,3-7,20-21H2,1-2H3,(H,34,38)/t22-/m0/s1. The maximum Gasteiger partial charge on any atom is 0.264 e. The molecule has 0 aromatic heterocycles. The Kier molecular flexibility index (Phi) is 10.5. The van der Waals surface area contributed by atoms with Gasteiger partial charge in [0, 0.05) is 17.6 Å². The molecule has 3 aromatic carbocycles. The molecule has 1 fully saturated rings. The maximum atomic E-state index is 14.0. The second-order valence-electron chi connectivity index (χ2n) is 10.3. The number of carbonyl (C=O) groups excluding carboxylic acids is 2. The molecule has 3 aromatic rings. The lowest BCUT2D eigenvalue weighted by Crippen LogP contribution is -2.53. The van der Waals surface area contributed by atoms with Crippen LogP contribution in [0.2, 0.25) is 5.02 Å². The Morgan fingerprint density at radius 1 is 0.976 bits per heavy atom. The molecule has 224 valence electrons. The van der Waals surface area contributed by atoms with Gasteiger partial charge in [-0.25, -0.2) is 12.8 Å². The molecule has 0 bridgehead atoms. The quantitative estimate of drug-likeness (QED) is 0.305. The molecular weight excluding hydrogens is 581 g/mol. The molecular formula is C31H35ClFN3O5S. The molecule has 1 aliphatic rings. The Bertz CT molecular complexity index is 1460. The number of benzene rings is 3. The minimum Gasteiger partial charge on any atom is -0.497 e. The van der Waals surface area contributed by atoms with Crippen molar-refractivity contribution in [2.24, 2.45) is 0 Å². The van der Waals surface area contributed by atoms with E-state index >= 15 is 0 Å². The van der Waals surface area contributed by atoms with Crippen LogP contribution in [0, 0.1) is 5.82 Å². The normalized spacial score (nSPS) is 14.6.